The fourth-order valence-electron chi connectivity index (χ4n) is 0. The van der Waals surface area contributed by atoms with E-state index >= 15 is 0 Å². The van der Waals surface area contributed by atoms with Gasteiger partial charge in [-0.1, -0.05) is 0 Å². The van der Waals surface area contributed by atoms with Crippen LogP contribution < -0.4 is 0 Å². The van der Waals surface area contributed by atoms with Gasteiger partial charge in [-0.05, 0) is 0 Å². The molecule has 0 spiro atoms. The largest absolute Gasteiger partial charge is 0.668 e. The SMILES string of the molecule is O[Si](O)(O)O.[Os]. The first-order valence-corrected chi connectivity index (χ1v) is 2.68. The van der Waals surface area contributed by atoms with Gasteiger partial charge in [0.15, 0.2) is 0 Å². The molecule has 4 N–H and O–H groups in total. The third kappa shape index (κ3) is 133. The molecule has 40 valence electrons. The minimum absolute atomic E-state index is 0. The first-order valence-electron chi connectivity index (χ1n) is 0.894. The summed E-state index contributed by atoms with van der Waals surface area (Å²) in [5, 5.41) is 0. The Morgan fingerprint density at radius 1 is 0.833 bits per heavy atom. The Morgan fingerprint density at radius 2 is 0.833 bits per heavy atom. The van der Waals surface area contributed by atoms with Crippen LogP contribution >= 0.6 is 0 Å². The zero-order valence-corrected chi connectivity index (χ0v) is 6.18. The fourth-order valence-corrected chi connectivity index (χ4v) is 0. The van der Waals surface area contributed by atoms with Crippen LogP contribution in [0.4, 0.5) is 0 Å². The minimum Gasteiger partial charge on any atom is -0.368 e. The molecule has 0 unspecified atom stereocenters. The summed E-state index contributed by atoms with van der Waals surface area (Å²) in [5.41, 5.74) is 0. The molecule has 0 radical (unpaired) electrons. The Balaban J connectivity index is 0. The second-order valence-electron chi connectivity index (χ2n) is 0.600. The number of hydrogen-bond donors (Lipinski definition) is 4. The van der Waals surface area contributed by atoms with Crippen LogP contribution in [0.15, 0.2) is 0 Å². The molecule has 0 rings (SSSR count). The van der Waals surface area contributed by atoms with Crippen molar-refractivity contribution in [2.75, 3.05) is 0 Å². The maximum Gasteiger partial charge on any atom is 0.668 e. The van der Waals surface area contributed by atoms with E-state index in [9.17, 15) is 0 Å². The summed E-state index contributed by atoms with van der Waals surface area (Å²) >= 11 is 0. The molecule has 4 nitrogen and oxygen atoms in total. The Kier molecular flexibility index (Phi) is 4.60. The summed E-state index contributed by atoms with van der Waals surface area (Å²) in [4.78, 5) is 29.3. The number of hydrogen-bond acceptors (Lipinski definition) is 4. The van der Waals surface area contributed by atoms with Gasteiger partial charge in [0.05, 0.1) is 0 Å². The molecular formula is H4O4OsSi. The van der Waals surface area contributed by atoms with E-state index in [1.165, 1.54) is 0 Å². The molecule has 0 saturated carbocycles. The van der Waals surface area contributed by atoms with E-state index in [-0.39, 0.29) is 19.8 Å². The Hall–Kier alpha value is 0.693. The van der Waals surface area contributed by atoms with Crippen molar-refractivity contribution in [2.45, 2.75) is 0 Å². The minimum atomic E-state index is -4.61. The third-order valence-corrected chi connectivity index (χ3v) is 0. The predicted molar refractivity (Wildman–Crippen MR) is 14.6 cm³/mol. The van der Waals surface area contributed by atoms with Gasteiger partial charge in [0, 0.05) is 19.8 Å². The van der Waals surface area contributed by atoms with Crippen molar-refractivity contribution in [1.82, 2.24) is 0 Å². The van der Waals surface area contributed by atoms with E-state index in [2.05, 4.69) is 0 Å². The zero-order valence-electron chi connectivity index (χ0n) is 2.64. The van der Waals surface area contributed by atoms with Crippen LogP contribution in [0.1, 0.15) is 0 Å². The Labute approximate surface area is 48.6 Å². The van der Waals surface area contributed by atoms with Gasteiger partial charge in [-0.25, -0.2) is 0 Å². The molecule has 0 amide bonds. The van der Waals surface area contributed by atoms with Gasteiger partial charge in [0.2, 0.25) is 0 Å². The molecular weight excluding hydrogens is 282 g/mol. The summed E-state index contributed by atoms with van der Waals surface area (Å²) in [6.45, 7) is 0. The summed E-state index contributed by atoms with van der Waals surface area (Å²) in [6.07, 6.45) is 0. The molecule has 6 heteroatoms. The van der Waals surface area contributed by atoms with E-state index in [0.29, 0.717) is 0 Å². The van der Waals surface area contributed by atoms with Crippen LogP contribution in [0.25, 0.3) is 0 Å². The molecule has 0 heterocycles. The quantitative estimate of drug-likeness (QED) is 0.368. The monoisotopic (exact) mass is 288 g/mol. The van der Waals surface area contributed by atoms with Crippen molar-refractivity contribution >= 4 is 9.05 Å². The Morgan fingerprint density at radius 3 is 0.833 bits per heavy atom. The molecule has 0 aliphatic heterocycles. The zero-order chi connectivity index (χ0) is 4.50. The fraction of sp³-hybridized carbons (Fsp3) is 0. The van der Waals surface area contributed by atoms with Crippen LogP contribution in [0.2, 0.25) is 0 Å². The van der Waals surface area contributed by atoms with Gasteiger partial charge in [0.1, 0.15) is 0 Å². The van der Waals surface area contributed by atoms with Crippen LogP contribution in [-0.4, -0.2) is 28.2 Å². The van der Waals surface area contributed by atoms with Crippen molar-refractivity contribution in [1.29, 1.82) is 0 Å². The van der Waals surface area contributed by atoms with E-state index in [1.54, 1.807) is 0 Å². The molecule has 0 aromatic rings. The van der Waals surface area contributed by atoms with Crippen molar-refractivity contribution in [2.24, 2.45) is 0 Å². The van der Waals surface area contributed by atoms with E-state index < -0.39 is 9.05 Å². The molecule has 0 aliphatic carbocycles. The van der Waals surface area contributed by atoms with Gasteiger partial charge in [0.25, 0.3) is 0 Å². The average Bonchev–Trinajstić information content (AvgIpc) is 0.722. The second-order valence-corrected chi connectivity index (χ2v) is 1.80. The molecule has 0 aliphatic rings. The van der Waals surface area contributed by atoms with Gasteiger partial charge in [-0.3, -0.25) is 0 Å². The second kappa shape index (κ2) is 2.80. The molecule has 0 aromatic carbocycles. The van der Waals surface area contributed by atoms with Crippen LogP contribution in [0.3, 0.4) is 0 Å². The normalized spacial score (nSPS) is 10.0. The van der Waals surface area contributed by atoms with Gasteiger partial charge >= 0.3 is 9.05 Å². The van der Waals surface area contributed by atoms with Crippen molar-refractivity contribution in [3.63, 3.8) is 0 Å². The van der Waals surface area contributed by atoms with E-state index in [4.69, 9.17) is 19.2 Å². The van der Waals surface area contributed by atoms with E-state index in [1.807, 2.05) is 0 Å². The molecule has 0 atom stereocenters. The summed E-state index contributed by atoms with van der Waals surface area (Å²) in [5.74, 6) is 0. The third-order valence-electron chi connectivity index (χ3n) is 0. The van der Waals surface area contributed by atoms with Crippen LogP contribution in [0, 0.1) is 0 Å². The topological polar surface area (TPSA) is 80.9 Å². The van der Waals surface area contributed by atoms with Crippen molar-refractivity contribution in [3.8, 4) is 0 Å². The molecule has 0 bridgehead atoms. The number of rotatable bonds is 0. The van der Waals surface area contributed by atoms with Crippen molar-refractivity contribution < 1.29 is 39.0 Å². The maximum atomic E-state index is 7.33. The summed E-state index contributed by atoms with van der Waals surface area (Å²) in [6, 6.07) is 0. The first-order chi connectivity index (χ1) is 2.00. The Bertz CT molecular complexity index is 23.0. The summed E-state index contributed by atoms with van der Waals surface area (Å²) in [7, 11) is -4.61. The molecule has 6 heavy (non-hydrogen) atoms. The molecule has 0 aromatic heterocycles. The first kappa shape index (κ1) is 9.85. The summed E-state index contributed by atoms with van der Waals surface area (Å²) < 4.78 is 0. The maximum absolute atomic E-state index is 7.33. The average molecular weight is 286 g/mol. The van der Waals surface area contributed by atoms with Crippen LogP contribution in [0.5, 0.6) is 0 Å². The van der Waals surface area contributed by atoms with E-state index in [0.717, 1.165) is 0 Å². The molecule has 0 saturated heterocycles. The van der Waals surface area contributed by atoms with Gasteiger partial charge in [-0.2, -0.15) is 0 Å². The van der Waals surface area contributed by atoms with Gasteiger partial charge in [-0.15, -0.1) is 0 Å². The standard InChI is InChI=1S/H4O4Si.Os/c1-5(2,3)4;/h1-4H;. The van der Waals surface area contributed by atoms with Crippen molar-refractivity contribution in [3.05, 3.63) is 0 Å². The van der Waals surface area contributed by atoms with Crippen LogP contribution in [-0.2, 0) is 19.8 Å². The molecule has 0 fully saturated rings. The smallest absolute Gasteiger partial charge is 0.368 e. The predicted octanol–water partition coefficient (Wildman–Crippen LogP) is -2.61. The van der Waals surface area contributed by atoms with Gasteiger partial charge < -0.3 is 19.2 Å².